The van der Waals surface area contributed by atoms with Crippen LogP contribution in [0.2, 0.25) is 0 Å². The number of aryl methyl sites for hydroxylation is 1. The van der Waals surface area contributed by atoms with Gasteiger partial charge in [-0.3, -0.25) is 14.3 Å². The highest BCUT2D eigenvalue weighted by molar-refractivity contribution is 5.09. The normalized spacial score (nSPS) is 36.9. The van der Waals surface area contributed by atoms with Crippen LogP contribution >= 0.6 is 0 Å². The second kappa shape index (κ2) is 4.01. The van der Waals surface area contributed by atoms with Gasteiger partial charge in [0.15, 0.2) is 6.23 Å². The van der Waals surface area contributed by atoms with Gasteiger partial charge in [-0.25, -0.2) is 4.79 Å². The van der Waals surface area contributed by atoms with Gasteiger partial charge in [0.2, 0.25) is 0 Å². The van der Waals surface area contributed by atoms with Crippen LogP contribution < -0.4 is 11.2 Å². The quantitative estimate of drug-likeness (QED) is 0.565. The number of hydrogen-bond donors (Lipinski definition) is 3. The molecule has 2 aliphatic rings. The lowest BCUT2D eigenvalue weighted by atomic mass is 10.0. The van der Waals surface area contributed by atoms with Crippen molar-refractivity contribution in [3.05, 3.63) is 32.6 Å². The Morgan fingerprint density at radius 2 is 2.32 bits per heavy atom. The third-order valence-electron chi connectivity index (χ3n) is 3.69. The van der Waals surface area contributed by atoms with Gasteiger partial charge in [0.05, 0.1) is 13.2 Å². The maximum atomic E-state index is 11.8. The Morgan fingerprint density at radius 1 is 1.58 bits per heavy atom. The van der Waals surface area contributed by atoms with Crippen LogP contribution in [0.5, 0.6) is 0 Å². The largest absolute Gasteiger partial charge is 0.393 e. The number of aromatic nitrogens is 2. The van der Waals surface area contributed by atoms with Crippen LogP contribution in [-0.4, -0.2) is 50.8 Å². The fourth-order valence-corrected chi connectivity index (χ4v) is 2.53. The van der Waals surface area contributed by atoms with Crippen LogP contribution in [0.15, 0.2) is 15.8 Å². The van der Waals surface area contributed by atoms with Crippen LogP contribution in [-0.2, 0) is 9.47 Å². The molecular weight excluding hydrogens is 256 g/mol. The van der Waals surface area contributed by atoms with Crippen molar-refractivity contribution in [2.75, 3.05) is 13.2 Å². The smallest absolute Gasteiger partial charge is 0.330 e. The molecule has 3 rings (SSSR count). The second-order valence-corrected chi connectivity index (χ2v) is 4.93. The number of fused-ring (bicyclic) bond motifs is 2. The maximum absolute atomic E-state index is 11.8. The Balaban J connectivity index is 2.04. The number of H-pyrrole nitrogens is 1. The van der Waals surface area contributed by atoms with E-state index in [1.165, 1.54) is 10.8 Å². The lowest BCUT2D eigenvalue weighted by molar-refractivity contribution is -0.187. The van der Waals surface area contributed by atoms with Gasteiger partial charge in [-0.1, -0.05) is 0 Å². The Bertz CT molecular complexity index is 622. The molecule has 1 aromatic rings. The minimum Gasteiger partial charge on any atom is -0.393 e. The van der Waals surface area contributed by atoms with Crippen molar-refractivity contribution < 1.29 is 19.7 Å². The topological polar surface area (TPSA) is 114 Å². The van der Waals surface area contributed by atoms with E-state index in [1.54, 1.807) is 6.92 Å². The van der Waals surface area contributed by atoms with Crippen molar-refractivity contribution in [2.45, 2.75) is 31.0 Å². The summed E-state index contributed by atoms with van der Waals surface area (Å²) in [5.74, 6) is 0. The molecule has 1 aromatic heterocycles. The summed E-state index contributed by atoms with van der Waals surface area (Å²) in [4.78, 5) is 25.3. The van der Waals surface area contributed by atoms with Gasteiger partial charge in [-0.2, -0.15) is 0 Å². The summed E-state index contributed by atoms with van der Waals surface area (Å²) in [5, 5.41) is 19.4. The third-order valence-corrected chi connectivity index (χ3v) is 3.69. The molecule has 8 nitrogen and oxygen atoms in total. The average molecular weight is 270 g/mol. The van der Waals surface area contributed by atoms with Crippen molar-refractivity contribution in [3.8, 4) is 0 Å². The monoisotopic (exact) mass is 270 g/mol. The number of aliphatic hydroxyl groups excluding tert-OH is 2. The lowest BCUT2D eigenvalue weighted by Gasteiger charge is -2.29. The van der Waals surface area contributed by atoms with E-state index >= 15 is 0 Å². The number of rotatable bonds is 2. The molecule has 2 fully saturated rings. The number of ether oxygens (including phenoxy) is 2. The molecule has 0 spiro atoms. The zero-order valence-electron chi connectivity index (χ0n) is 10.2. The van der Waals surface area contributed by atoms with E-state index in [2.05, 4.69) is 4.98 Å². The van der Waals surface area contributed by atoms with Gasteiger partial charge in [-0.05, 0) is 6.92 Å². The molecule has 3 heterocycles. The highest BCUT2D eigenvalue weighted by atomic mass is 16.7. The van der Waals surface area contributed by atoms with Crippen LogP contribution in [0.3, 0.4) is 0 Å². The van der Waals surface area contributed by atoms with Crippen LogP contribution in [0.25, 0.3) is 0 Å². The molecule has 2 unspecified atom stereocenters. The van der Waals surface area contributed by atoms with Gasteiger partial charge in [0.1, 0.15) is 17.8 Å². The van der Waals surface area contributed by atoms with E-state index < -0.39 is 41.9 Å². The number of nitrogens with zero attached hydrogens (tertiary/aromatic N) is 1. The summed E-state index contributed by atoms with van der Waals surface area (Å²) in [6.07, 6.45) is -1.26. The molecule has 4 atom stereocenters. The van der Waals surface area contributed by atoms with Gasteiger partial charge >= 0.3 is 5.69 Å². The molecule has 3 N–H and O–H groups in total. The number of aromatic amines is 1. The lowest BCUT2D eigenvalue weighted by Crippen LogP contribution is -2.44. The molecule has 2 aliphatic heterocycles. The van der Waals surface area contributed by atoms with E-state index in [0.717, 1.165) is 0 Å². The van der Waals surface area contributed by atoms with E-state index in [4.69, 9.17) is 9.47 Å². The first kappa shape index (κ1) is 12.5. The first-order valence-electron chi connectivity index (χ1n) is 5.89. The average Bonchev–Trinajstić information content (AvgIpc) is 2.85. The zero-order chi connectivity index (χ0) is 13.8. The van der Waals surface area contributed by atoms with Crippen molar-refractivity contribution in [2.24, 2.45) is 0 Å². The fraction of sp³-hybridized carbons (Fsp3) is 0.636. The molecule has 2 saturated heterocycles. The Kier molecular flexibility index (Phi) is 2.65. The molecule has 19 heavy (non-hydrogen) atoms. The zero-order valence-corrected chi connectivity index (χ0v) is 10.2. The van der Waals surface area contributed by atoms with Crippen LogP contribution in [0.4, 0.5) is 0 Å². The first-order chi connectivity index (χ1) is 8.98. The maximum Gasteiger partial charge on any atom is 0.330 e. The fourth-order valence-electron chi connectivity index (χ4n) is 2.53. The van der Waals surface area contributed by atoms with E-state index in [1.807, 2.05) is 0 Å². The number of aliphatic hydroxyl groups is 2. The molecule has 0 radical (unpaired) electrons. The standard InChI is InChI=1S/C11H14N2O6/c1-5-2-13(10(17)12-8(5)16)9-6-7(15)11(3-14,19-9)4-18-6/h2,6-7,9,14-15H,3-4H2,1H3,(H,12,16,17)/t6?,7?,9-,11+/m1/s1. The van der Waals surface area contributed by atoms with E-state index in [-0.39, 0.29) is 6.61 Å². The minimum absolute atomic E-state index is 0.0723. The van der Waals surface area contributed by atoms with Crippen molar-refractivity contribution in [1.82, 2.24) is 9.55 Å². The molecule has 0 aliphatic carbocycles. The van der Waals surface area contributed by atoms with Crippen molar-refractivity contribution in [3.63, 3.8) is 0 Å². The molecule has 2 bridgehead atoms. The number of nitrogens with one attached hydrogen (secondary N) is 1. The Morgan fingerprint density at radius 3 is 2.95 bits per heavy atom. The van der Waals surface area contributed by atoms with E-state index in [0.29, 0.717) is 5.56 Å². The molecule has 104 valence electrons. The van der Waals surface area contributed by atoms with Crippen LogP contribution in [0.1, 0.15) is 11.8 Å². The molecule has 0 saturated carbocycles. The summed E-state index contributed by atoms with van der Waals surface area (Å²) in [5.41, 5.74) is -1.96. The van der Waals surface area contributed by atoms with Crippen LogP contribution in [0, 0.1) is 6.92 Å². The first-order valence-corrected chi connectivity index (χ1v) is 5.89. The molecule has 0 amide bonds. The summed E-state index contributed by atoms with van der Waals surface area (Å²) in [6.45, 7) is 1.22. The van der Waals surface area contributed by atoms with Gasteiger partial charge in [-0.15, -0.1) is 0 Å². The molecule has 8 heteroatoms. The third kappa shape index (κ3) is 1.61. The second-order valence-electron chi connectivity index (χ2n) is 4.93. The van der Waals surface area contributed by atoms with Gasteiger partial charge < -0.3 is 19.7 Å². The summed E-state index contributed by atoms with van der Waals surface area (Å²) >= 11 is 0. The summed E-state index contributed by atoms with van der Waals surface area (Å²) in [6, 6.07) is 0. The Hall–Kier alpha value is -1.48. The van der Waals surface area contributed by atoms with Gasteiger partial charge in [0.25, 0.3) is 5.56 Å². The summed E-state index contributed by atoms with van der Waals surface area (Å²) < 4.78 is 12.1. The van der Waals surface area contributed by atoms with Crippen molar-refractivity contribution >= 4 is 0 Å². The van der Waals surface area contributed by atoms with E-state index in [9.17, 15) is 19.8 Å². The Labute approximate surface area is 107 Å². The minimum atomic E-state index is -1.20. The number of hydrogen-bond acceptors (Lipinski definition) is 6. The SMILES string of the molecule is Cc1cn([C@@H]2O[C@@]3(CO)COC2C3O)c(=O)[nH]c1=O. The van der Waals surface area contributed by atoms with Gasteiger partial charge in [0, 0.05) is 11.8 Å². The molecule has 0 aromatic carbocycles. The summed E-state index contributed by atoms with van der Waals surface area (Å²) in [7, 11) is 0. The molecular formula is C11H14N2O6. The predicted octanol–water partition coefficient (Wildman–Crippen LogP) is -2.14. The predicted molar refractivity (Wildman–Crippen MR) is 61.7 cm³/mol. The van der Waals surface area contributed by atoms with Crippen molar-refractivity contribution in [1.29, 1.82) is 0 Å². The highest BCUT2D eigenvalue weighted by Crippen LogP contribution is 2.44. The highest BCUT2D eigenvalue weighted by Gasteiger charge is 2.61.